The van der Waals surface area contributed by atoms with Gasteiger partial charge in [-0.15, -0.1) is 0 Å². The zero-order valence-corrected chi connectivity index (χ0v) is 12.2. The van der Waals surface area contributed by atoms with Crippen molar-refractivity contribution in [2.24, 2.45) is 0 Å². The molecule has 2 rings (SSSR count). The van der Waals surface area contributed by atoms with Gasteiger partial charge in [0.2, 0.25) is 0 Å². The van der Waals surface area contributed by atoms with Crippen LogP contribution in [0.5, 0.6) is 5.75 Å². The second-order valence-corrected chi connectivity index (χ2v) is 5.55. The molecule has 1 aliphatic rings. The third kappa shape index (κ3) is 5.23. The van der Waals surface area contributed by atoms with E-state index < -0.39 is 0 Å². The molecule has 1 aliphatic carbocycles. The monoisotopic (exact) mass is 261 g/mol. The van der Waals surface area contributed by atoms with E-state index in [0.717, 1.165) is 18.8 Å². The molecule has 0 aliphatic heterocycles. The molecule has 0 radical (unpaired) electrons. The summed E-state index contributed by atoms with van der Waals surface area (Å²) in [4.78, 5) is 0. The molecule has 0 heterocycles. The summed E-state index contributed by atoms with van der Waals surface area (Å²) in [6.07, 6.45) is 9.46. The first-order valence-corrected chi connectivity index (χ1v) is 7.85. The van der Waals surface area contributed by atoms with Crippen molar-refractivity contribution in [2.75, 3.05) is 6.54 Å². The van der Waals surface area contributed by atoms with Crippen LogP contribution in [0.3, 0.4) is 0 Å². The molecule has 0 atom stereocenters. The lowest BCUT2D eigenvalue weighted by Crippen LogP contribution is -2.15. The fourth-order valence-corrected chi connectivity index (χ4v) is 2.65. The largest absolute Gasteiger partial charge is 0.490 e. The van der Waals surface area contributed by atoms with Crippen LogP contribution in [-0.2, 0) is 6.54 Å². The van der Waals surface area contributed by atoms with Gasteiger partial charge in [-0.1, -0.05) is 31.9 Å². The Bertz CT molecular complexity index is 339. The molecule has 106 valence electrons. The molecule has 2 nitrogen and oxygen atoms in total. The molecule has 0 aromatic heterocycles. The highest BCUT2D eigenvalue weighted by molar-refractivity contribution is 5.27. The van der Waals surface area contributed by atoms with Gasteiger partial charge >= 0.3 is 0 Å². The topological polar surface area (TPSA) is 21.3 Å². The van der Waals surface area contributed by atoms with Gasteiger partial charge in [-0.3, -0.25) is 0 Å². The zero-order valence-electron chi connectivity index (χ0n) is 12.2. The standard InChI is InChI=1S/C17H27NO/c1-2-13-18-14-15-9-11-17(12-10-15)19-16-7-5-3-4-6-8-16/h9-12,16,18H,2-8,13-14H2,1H3. The molecule has 1 aromatic rings. The molecular weight excluding hydrogens is 234 g/mol. The van der Waals surface area contributed by atoms with Crippen LogP contribution in [-0.4, -0.2) is 12.6 Å². The average molecular weight is 261 g/mol. The van der Waals surface area contributed by atoms with Gasteiger partial charge in [0.15, 0.2) is 0 Å². The Labute approximate surface area is 117 Å². The second kappa shape index (κ2) is 8.21. The highest BCUT2D eigenvalue weighted by Crippen LogP contribution is 2.23. The van der Waals surface area contributed by atoms with Crippen molar-refractivity contribution < 1.29 is 4.74 Å². The van der Waals surface area contributed by atoms with Crippen molar-refractivity contribution in [3.8, 4) is 5.75 Å². The Hall–Kier alpha value is -1.02. The quantitative estimate of drug-likeness (QED) is 0.609. The third-order valence-electron chi connectivity index (χ3n) is 3.78. The van der Waals surface area contributed by atoms with Gasteiger partial charge in [-0.25, -0.2) is 0 Å². The molecule has 0 amide bonds. The molecule has 0 unspecified atom stereocenters. The molecule has 2 heteroatoms. The van der Waals surface area contributed by atoms with Crippen LogP contribution in [0.1, 0.15) is 57.4 Å². The fraction of sp³-hybridized carbons (Fsp3) is 0.647. The van der Waals surface area contributed by atoms with Crippen LogP contribution in [0, 0.1) is 0 Å². The maximum atomic E-state index is 6.10. The smallest absolute Gasteiger partial charge is 0.119 e. The molecule has 0 bridgehead atoms. The molecule has 1 N–H and O–H groups in total. The van der Waals surface area contributed by atoms with E-state index in [1.54, 1.807) is 0 Å². The Kier molecular flexibility index (Phi) is 6.22. The van der Waals surface area contributed by atoms with Crippen LogP contribution in [0.15, 0.2) is 24.3 Å². The van der Waals surface area contributed by atoms with Gasteiger partial charge in [-0.2, -0.15) is 0 Å². The molecule has 1 aromatic carbocycles. The Balaban J connectivity index is 1.80. The highest BCUT2D eigenvalue weighted by Gasteiger charge is 2.13. The first kappa shape index (κ1) is 14.4. The average Bonchev–Trinajstić information content (AvgIpc) is 2.70. The van der Waals surface area contributed by atoms with E-state index in [-0.39, 0.29) is 0 Å². The van der Waals surface area contributed by atoms with E-state index in [9.17, 15) is 0 Å². The summed E-state index contributed by atoms with van der Waals surface area (Å²) in [5.74, 6) is 1.03. The molecule has 19 heavy (non-hydrogen) atoms. The van der Waals surface area contributed by atoms with Gasteiger partial charge in [0.25, 0.3) is 0 Å². The second-order valence-electron chi connectivity index (χ2n) is 5.55. The predicted octanol–water partition coefficient (Wildman–Crippen LogP) is 4.29. The van der Waals surface area contributed by atoms with Crippen molar-refractivity contribution in [1.29, 1.82) is 0 Å². The molecular formula is C17H27NO. The number of nitrogens with one attached hydrogen (secondary N) is 1. The van der Waals surface area contributed by atoms with Crippen LogP contribution >= 0.6 is 0 Å². The summed E-state index contributed by atoms with van der Waals surface area (Å²) in [5.41, 5.74) is 1.33. The number of hydrogen-bond acceptors (Lipinski definition) is 2. The maximum absolute atomic E-state index is 6.10. The van der Waals surface area contributed by atoms with E-state index in [1.165, 1.54) is 50.5 Å². The zero-order chi connectivity index (χ0) is 13.3. The van der Waals surface area contributed by atoms with E-state index in [1.807, 2.05) is 0 Å². The predicted molar refractivity (Wildman–Crippen MR) is 80.6 cm³/mol. The SMILES string of the molecule is CCCNCc1ccc(OC2CCCCCC2)cc1. The Morgan fingerprint density at radius 3 is 2.37 bits per heavy atom. The van der Waals surface area contributed by atoms with Crippen molar-refractivity contribution in [2.45, 2.75) is 64.5 Å². The summed E-state index contributed by atoms with van der Waals surface area (Å²) >= 11 is 0. The van der Waals surface area contributed by atoms with E-state index >= 15 is 0 Å². The summed E-state index contributed by atoms with van der Waals surface area (Å²) in [5, 5.41) is 3.42. The number of rotatable bonds is 6. The van der Waals surface area contributed by atoms with Crippen molar-refractivity contribution >= 4 is 0 Å². The number of ether oxygens (including phenoxy) is 1. The van der Waals surface area contributed by atoms with Crippen molar-refractivity contribution in [1.82, 2.24) is 5.32 Å². The summed E-state index contributed by atoms with van der Waals surface area (Å²) in [6, 6.07) is 8.59. The normalized spacial score (nSPS) is 17.1. The summed E-state index contributed by atoms with van der Waals surface area (Å²) in [6.45, 7) is 4.23. The van der Waals surface area contributed by atoms with Crippen LogP contribution < -0.4 is 10.1 Å². The first-order valence-electron chi connectivity index (χ1n) is 7.85. The minimum atomic E-state index is 0.437. The lowest BCUT2D eigenvalue weighted by atomic mass is 10.1. The van der Waals surface area contributed by atoms with Crippen molar-refractivity contribution in [3.63, 3.8) is 0 Å². The lowest BCUT2D eigenvalue weighted by molar-refractivity contribution is 0.183. The van der Waals surface area contributed by atoms with E-state index in [4.69, 9.17) is 4.74 Å². The van der Waals surface area contributed by atoms with Crippen LogP contribution in [0.25, 0.3) is 0 Å². The van der Waals surface area contributed by atoms with Crippen molar-refractivity contribution in [3.05, 3.63) is 29.8 Å². The van der Waals surface area contributed by atoms with E-state index in [0.29, 0.717) is 6.10 Å². The molecule has 1 saturated carbocycles. The van der Waals surface area contributed by atoms with Gasteiger partial charge in [0.1, 0.15) is 5.75 Å². The number of hydrogen-bond donors (Lipinski definition) is 1. The third-order valence-corrected chi connectivity index (χ3v) is 3.78. The van der Waals surface area contributed by atoms with Gasteiger partial charge in [-0.05, 0) is 56.3 Å². The summed E-state index contributed by atoms with van der Waals surface area (Å²) in [7, 11) is 0. The maximum Gasteiger partial charge on any atom is 0.119 e. The van der Waals surface area contributed by atoms with Gasteiger partial charge in [0.05, 0.1) is 6.10 Å². The van der Waals surface area contributed by atoms with Gasteiger partial charge in [0, 0.05) is 6.54 Å². The van der Waals surface area contributed by atoms with E-state index in [2.05, 4.69) is 36.5 Å². The van der Waals surface area contributed by atoms with Gasteiger partial charge < -0.3 is 10.1 Å². The summed E-state index contributed by atoms with van der Waals surface area (Å²) < 4.78 is 6.10. The molecule has 0 spiro atoms. The Morgan fingerprint density at radius 1 is 1.05 bits per heavy atom. The van der Waals surface area contributed by atoms with Crippen LogP contribution in [0.2, 0.25) is 0 Å². The number of benzene rings is 1. The molecule has 0 saturated heterocycles. The van der Waals surface area contributed by atoms with Crippen LogP contribution in [0.4, 0.5) is 0 Å². The fourth-order valence-electron chi connectivity index (χ4n) is 2.65. The Morgan fingerprint density at radius 2 is 1.74 bits per heavy atom. The minimum Gasteiger partial charge on any atom is -0.490 e. The minimum absolute atomic E-state index is 0.437. The highest BCUT2D eigenvalue weighted by atomic mass is 16.5. The lowest BCUT2D eigenvalue weighted by Gasteiger charge is -2.17. The first-order chi connectivity index (χ1) is 9.38. The molecule has 1 fully saturated rings.